The van der Waals surface area contributed by atoms with Gasteiger partial charge in [0, 0.05) is 33.5 Å². The molecule has 1 heterocycles. The minimum Gasteiger partial charge on any atom is -0.349 e. The Morgan fingerprint density at radius 1 is 1.28 bits per heavy atom. The zero-order valence-corrected chi connectivity index (χ0v) is 11.1. The maximum atomic E-state index is 11.2. The molecule has 2 rings (SSSR count). The summed E-state index contributed by atoms with van der Waals surface area (Å²) in [5, 5.41) is 0. The third-order valence-electron chi connectivity index (χ3n) is 2.33. The molecule has 0 saturated carbocycles. The number of hydrogen-bond acceptors (Lipinski definition) is 2. The van der Waals surface area contributed by atoms with Gasteiger partial charge in [0.2, 0.25) is 5.91 Å². The SMILES string of the molecule is CN(C)C(=O)Cc1ccccc1.Cn1ccnc1. The van der Waals surface area contributed by atoms with Crippen molar-refractivity contribution < 1.29 is 4.79 Å². The van der Waals surface area contributed by atoms with Crippen LogP contribution in [0, 0.1) is 0 Å². The quantitative estimate of drug-likeness (QED) is 0.808. The average molecular weight is 245 g/mol. The van der Waals surface area contributed by atoms with Gasteiger partial charge in [0.25, 0.3) is 0 Å². The van der Waals surface area contributed by atoms with E-state index in [1.807, 2.05) is 48.1 Å². The number of aryl methyl sites for hydroxylation is 1. The fraction of sp³-hybridized carbons (Fsp3) is 0.286. The maximum Gasteiger partial charge on any atom is 0.226 e. The molecule has 0 spiro atoms. The van der Waals surface area contributed by atoms with Crippen molar-refractivity contribution in [1.82, 2.24) is 14.5 Å². The van der Waals surface area contributed by atoms with Gasteiger partial charge in [-0.15, -0.1) is 0 Å². The normalized spacial score (nSPS) is 9.28. The van der Waals surface area contributed by atoms with Crippen LogP contribution in [0.3, 0.4) is 0 Å². The largest absolute Gasteiger partial charge is 0.349 e. The summed E-state index contributed by atoms with van der Waals surface area (Å²) in [6.45, 7) is 0. The molecule has 0 atom stereocenters. The van der Waals surface area contributed by atoms with Gasteiger partial charge in [-0.25, -0.2) is 4.98 Å². The summed E-state index contributed by atoms with van der Waals surface area (Å²) in [7, 11) is 5.48. The van der Waals surface area contributed by atoms with Gasteiger partial charge in [-0.3, -0.25) is 4.79 Å². The molecule has 1 aromatic heterocycles. The Bertz CT molecular complexity index is 449. The highest BCUT2D eigenvalue weighted by Gasteiger charge is 2.03. The standard InChI is InChI=1S/C10H13NO.C4H6N2/c1-11(2)10(12)8-9-6-4-3-5-7-9;1-6-3-2-5-4-6/h3-7H,8H2,1-2H3;2-4H,1H3. The van der Waals surface area contributed by atoms with Crippen molar-refractivity contribution in [2.24, 2.45) is 7.05 Å². The second-order valence-electron chi connectivity index (χ2n) is 4.18. The van der Waals surface area contributed by atoms with Crippen LogP contribution < -0.4 is 0 Å². The van der Waals surface area contributed by atoms with E-state index in [0.29, 0.717) is 6.42 Å². The Hall–Kier alpha value is -2.10. The highest BCUT2D eigenvalue weighted by Crippen LogP contribution is 2.00. The lowest BCUT2D eigenvalue weighted by molar-refractivity contribution is -0.127. The summed E-state index contributed by atoms with van der Waals surface area (Å²) in [6.07, 6.45) is 5.88. The van der Waals surface area contributed by atoms with E-state index in [9.17, 15) is 4.79 Å². The molecular formula is C14H19N3O. The molecule has 0 fully saturated rings. The molecule has 4 nitrogen and oxygen atoms in total. The summed E-state index contributed by atoms with van der Waals surface area (Å²) >= 11 is 0. The zero-order chi connectivity index (χ0) is 13.4. The van der Waals surface area contributed by atoms with Gasteiger partial charge in [0.15, 0.2) is 0 Å². The number of imidazole rings is 1. The molecule has 1 amide bonds. The van der Waals surface area contributed by atoms with Crippen molar-refractivity contribution in [3.63, 3.8) is 0 Å². The van der Waals surface area contributed by atoms with Crippen LogP contribution in [-0.4, -0.2) is 34.5 Å². The fourth-order valence-corrected chi connectivity index (χ4v) is 1.25. The van der Waals surface area contributed by atoms with Crippen molar-refractivity contribution in [2.45, 2.75) is 6.42 Å². The fourth-order valence-electron chi connectivity index (χ4n) is 1.25. The Morgan fingerprint density at radius 3 is 2.33 bits per heavy atom. The smallest absolute Gasteiger partial charge is 0.226 e. The number of aromatic nitrogens is 2. The van der Waals surface area contributed by atoms with Crippen LogP contribution in [0.5, 0.6) is 0 Å². The third kappa shape index (κ3) is 5.30. The lowest BCUT2D eigenvalue weighted by atomic mass is 10.1. The highest BCUT2D eigenvalue weighted by atomic mass is 16.2. The van der Waals surface area contributed by atoms with E-state index < -0.39 is 0 Å². The van der Waals surface area contributed by atoms with Gasteiger partial charge < -0.3 is 9.47 Å². The van der Waals surface area contributed by atoms with E-state index >= 15 is 0 Å². The molecule has 0 radical (unpaired) electrons. The number of nitrogens with zero attached hydrogens (tertiary/aromatic N) is 3. The van der Waals surface area contributed by atoms with Crippen LogP contribution in [0.4, 0.5) is 0 Å². The number of rotatable bonds is 2. The molecule has 96 valence electrons. The summed E-state index contributed by atoms with van der Waals surface area (Å²) in [4.78, 5) is 16.6. The summed E-state index contributed by atoms with van der Waals surface area (Å²) in [6, 6.07) is 9.75. The van der Waals surface area contributed by atoms with Gasteiger partial charge in [0.1, 0.15) is 0 Å². The average Bonchev–Trinajstić information content (AvgIpc) is 2.82. The summed E-state index contributed by atoms with van der Waals surface area (Å²) < 4.78 is 1.89. The molecular weight excluding hydrogens is 226 g/mol. The van der Waals surface area contributed by atoms with Crippen molar-refractivity contribution in [3.8, 4) is 0 Å². The van der Waals surface area contributed by atoms with Crippen molar-refractivity contribution >= 4 is 5.91 Å². The summed E-state index contributed by atoms with van der Waals surface area (Å²) in [5.74, 6) is 0.140. The number of benzene rings is 1. The predicted octanol–water partition coefficient (Wildman–Crippen LogP) is 1.74. The van der Waals surface area contributed by atoms with Crippen LogP contribution in [0.2, 0.25) is 0 Å². The number of amides is 1. The number of likely N-dealkylation sites (N-methyl/N-ethyl adjacent to an activating group) is 1. The Labute approximate surface area is 108 Å². The molecule has 0 unspecified atom stereocenters. The minimum atomic E-state index is 0.140. The first-order valence-electron chi connectivity index (χ1n) is 5.75. The molecule has 0 bridgehead atoms. The van der Waals surface area contributed by atoms with Gasteiger partial charge >= 0.3 is 0 Å². The van der Waals surface area contributed by atoms with E-state index in [4.69, 9.17) is 0 Å². The first-order valence-corrected chi connectivity index (χ1v) is 5.75. The first-order chi connectivity index (χ1) is 8.59. The van der Waals surface area contributed by atoms with E-state index in [-0.39, 0.29) is 5.91 Å². The minimum absolute atomic E-state index is 0.140. The van der Waals surface area contributed by atoms with Gasteiger partial charge in [0.05, 0.1) is 12.7 Å². The van der Waals surface area contributed by atoms with Crippen LogP contribution in [0.1, 0.15) is 5.56 Å². The topological polar surface area (TPSA) is 38.1 Å². The van der Waals surface area contributed by atoms with Crippen molar-refractivity contribution in [2.75, 3.05) is 14.1 Å². The molecule has 0 aliphatic rings. The van der Waals surface area contributed by atoms with Crippen molar-refractivity contribution in [3.05, 3.63) is 54.6 Å². The van der Waals surface area contributed by atoms with Crippen LogP contribution in [0.25, 0.3) is 0 Å². The monoisotopic (exact) mass is 245 g/mol. The van der Waals surface area contributed by atoms with Gasteiger partial charge in [-0.05, 0) is 5.56 Å². The molecule has 4 heteroatoms. The lowest BCUT2D eigenvalue weighted by Gasteiger charge is -2.09. The Balaban J connectivity index is 0.000000225. The van der Waals surface area contributed by atoms with E-state index in [1.165, 1.54) is 0 Å². The van der Waals surface area contributed by atoms with Gasteiger partial charge in [-0.2, -0.15) is 0 Å². The molecule has 18 heavy (non-hydrogen) atoms. The first kappa shape index (κ1) is 14.0. The Morgan fingerprint density at radius 2 is 1.94 bits per heavy atom. The molecule has 0 N–H and O–H groups in total. The van der Waals surface area contributed by atoms with E-state index in [1.54, 1.807) is 31.5 Å². The second-order valence-corrected chi connectivity index (χ2v) is 4.18. The molecule has 1 aromatic carbocycles. The summed E-state index contributed by atoms with van der Waals surface area (Å²) in [5.41, 5.74) is 1.07. The highest BCUT2D eigenvalue weighted by molar-refractivity contribution is 5.78. The molecule has 0 aliphatic carbocycles. The molecule has 2 aromatic rings. The third-order valence-corrected chi connectivity index (χ3v) is 2.33. The zero-order valence-electron chi connectivity index (χ0n) is 11.1. The van der Waals surface area contributed by atoms with Gasteiger partial charge in [-0.1, -0.05) is 30.3 Å². The predicted molar refractivity (Wildman–Crippen MR) is 72.0 cm³/mol. The number of carbonyl (C=O) groups excluding carboxylic acids is 1. The lowest BCUT2D eigenvalue weighted by Crippen LogP contribution is -2.23. The maximum absolute atomic E-state index is 11.2. The molecule has 0 aliphatic heterocycles. The molecule has 0 saturated heterocycles. The number of hydrogen-bond donors (Lipinski definition) is 0. The Kier molecular flexibility index (Phi) is 5.64. The van der Waals surface area contributed by atoms with Crippen LogP contribution >= 0.6 is 0 Å². The number of carbonyl (C=O) groups is 1. The van der Waals surface area contributed by atoms with Crippen LogP contribution in [0.15, 0.2) is 49.1 Å². The van der Waals surface area contributed by atoms with Crippen LogP contribution in [-0.2, 0) is 18.3 Å². The van der Waals surface area contributed by atoms with E-state index in [0.717, 1.165) is 5.56 Å². The second kappa shape index (κ2) is 7.27. The van der Waals surface area contributed by atoms with E-state index in [2.05, 4.69) is 4.98 Å². The van der Waals surface area contributed by atoms with Crippen molar-refractivity contribution in [1.29, 1.82) is 0 Å².